The number of ether oxygens (including phenoxy) is 1. The van der Waals surface area contributed by atoms with E-state index in [2.05, 4.69) is 6.92 Å². The predicted octanol–water partition coefficient (Wildman–Crippen LogP) is 2.92. The number of hydrogen-bond donors (Lipinski definition) is 1. The van der Waals surface area contributed by atoms with E-state index in [1.165, 1.54) is 0 Å². The van der Waals surface area contributed by atoms with Gasteiger partial charge in [-0.05, 0) is 31.0 Å². The summed E-state index contributed by atoms with van der Waals surface area (Å²) >= 11 is 0. The first-order valence-corrected chi connectivity index (χ1v) is 5.18. The first kappa shape index (κ1) is 11.1. The van der Waals surface area contributed by atoms with Crippen LogP contribution in [-0.2, 0) is 0 Å². The Labute approximate surface area is 85.5 Å². The van der Waals surface area contributed by atoms with Gasteiger partial charge in [-0.2, -0.15) is 0 Å². The predicted molar refractivity (Wildman–Crippen MR) is 57.5 cm³/mol. The standard InChI is InChI=1S/C12H18O2/c1-3-6-12(13)10-7-5-8-11(9-10)14-4-2/h5,7-9,12-13H,3-4,6H2,1-2H3. The van der Waals surface area contributed by atoms with Crippen LogP contribution in [0.1, 0.15) is 38.4 Å². The zero-order valence-electron chi connectivity index (χ0n) is 8.86. The molecule has 1 rings (SSSR count). The van der Waals surface area contributed by atoms with Crippen LogP contribution in [0, 0.1) is 0 Å². The van der Waals surface area contributed by atoms with Crippen LogP contribution in [0.15, 0.2) is 24.3 Å². The van der Waals surface area contributed by atoms with Crippen LogP contribution in [0.25, 0.3) is 0 Å². The Morgan fingerprint density at radius 1 is 1.36 bits per heavy atom. The van der Waals surface area contributed by atoms with Crippen molar-refractivity contribution in [3.8, 4) is 5.75 Å². The van der Waals surface area contributed by atoms with Gasteiger partial charge in [0.1, 0.15) is 5.75 Å². The lowest BCUT2D eigenvalue weighted by Crippen LogP contribution is -1.98. The molecule has 0 fully saturated rings. The van der Waals surface area contributed by atoms with E-state index in [1.54, 1.807) is 0 Å². The molecule has 0 aromatic heterocycles. The molecule has 78 valence electrons. The fourth-order valence-corrected chi connectivity index (χ4v) is 1.42. The maximum Gasteiger partial charge on any atom is 0.119 e. The van der Waals surface area contributed by atoms with Crippen molar-refractivity contribution in [2.24, 2.45) is 0 Å². The van der Waals surface area contributed by atoms with Crippen LogP contribution >= 0.6 is 0 Å². The first-order chi connectivity index (χ1) is 6.77. The third-order valence-electron chi connectivity index (χ3n) is 2.12. The molecule has 0 aliphatic rings. The summed E-state index contributed by atoms with van der Waals surface area (Å²) in [6, 6.07) is 7.66. The third kappa shape index (κ3) is 3.04. The van der Waals surface area contributed by atoms with Crippen molar-refractivity contribution in [1.82, 2.24) is 0 Å². The molecular formula is C12H18O2. The van der Waals surface area contributed by atoms with Crippen LogP contribution in [0.2, 0.25) is 0 Å². The molecule has 1 aromatic carbocycles. The largest absolute Gasteiger partial charge is 0.494 e. The summed E-state index contributed by atoms with van der Waals surface area (Å²) in [4.78, 5) is 0. The van der Waals surface area contributed by atoms with Crippen molar-refractivity contribution in [3.05, 3.63) is 29.8 Å². The van der Waals surface area contributed by atoms with Gasteiger partial charge in [0.2, 0.25) is 0 Å². The van der Waals surface area contributed by atoms with E-state index in [0.29, 0.717) is 6.61 Å². The van der Waals surface area contributed by atoms with Crippen LogP contribution in [-0.4, -0.2) is 11.7 Å². The highest BCUT2D eigenvalue weighted by atomic mass is 16.5. The first-order valence-electron chi connectivity index (χ1n) is 5.18. The summed E-state index contributed by atoms with van der Waals surface area (Å²) in [5.41, 5.74) is 0.942. The molecule has 0 heterocycles. The molecule has 1 aromatic rings. The van der Waals surface area contributed by atoms with E-state index in [9.17, 15) is 5.11 Å². The number of hydrogen-bond acceptors (Lipinski definition) is 2. The van der Waals surface area contributed by atoms with Crippen LogP contribution < -0.4 is 4.74 Å². The second kappa shape index (κ2) is 5.66. The zero-order valence-corrected chi connectivity index (χ0v) is 8.86. The molecular weight excluding hydrogens is 176 g/mol. The Morgan fingerprint density at radius 2 is 2.14 bits per heavy atom. The maximum atomic E-state index is 9.76. The lowest BCUT2D eigenvalue weighted by Gasteiger charge is -2.11. The molecule has 1 atom stereocenters. The number of rotatable bonds is 5. The van der Waals surface area contributed by atoms with Gasteiger partial charge in [-0.3, -0.25) is 0 Å². The van der Waals surface area contributed by atoms with E-state index >= 15 is 0 Å². The van der Waals surface area contributed by atoms with Gasteiger partial charge >= 0.3 is 0 Å². The Kier molecular flexibility index (Phi) is 4.47. The molecule has 2 nitrogen and oxygen atoms in total. The smallest absolute Gasteiger partial charge is 0.119 e. The van der Waals surface area contributed by atoms with E-state index in [-0.39, 0.29) is 6.10 Å². The summed E-state index contributed by atoms with van der Waals surface area (Å²) in [7, 11) is 0. The van der Waals surface area contributed by atoms with E-state index in [4.69, 9.17) is 4.74 Å². The molecule has 0 saturated heterocycles. The molecule has 0 bridgehead atoms. The molecule has 0 radical (unpaired) electrons. The van der Waals surface area contributed by atoms with Gasteiger partial charge in [-0.1, -0.05) is 25.5 Å². The minimum atomic E-state index is -0.361. The molecule has 0 amide bonds. The van der Waals surface area contributed by atoms with Crippen molar-refractivity contribution in [2.75, 3.05) is 6.61 Å². The van der Waals surface area contributed by atoms with Crippen LogP contribution in [0.3, 0.4) is 0 Å². The molecule has 0 saturated carbocycles. The molecule has 0 aliphatic carbocycles. The summed E-state index contributed by atoms with van der Waals surface area (Å²) < 4.78 is 5.36. The minimum absolute atomic E-state index is 0.361. The quantitative estimate of drug-likeness (QED) is 0.781. The third-order valence-corrected chi connectivity index (χ3v) is 2.12. The van der Waals surface area contributed by atoms with Gasteiger partial charge in [-0.15, -0.1) is 0 Å². The van der Waals surface area contributed by atoms with E-state index in [1.807, 2.05) is 31.2 Å². The maximum absolute atomic E-state index is 9.76. The Balaban J connectivity index is 2.71. The van der Waals surface area contributed by atoms with Crippen molar-refractivity contribution < 1.29 is 9.84 Å². The highest BCUT2D eigenvalue weighted by Crippen LogP contribution is 2.22. The molecule has 1 unspecified atom stereocenters. The van der Waals surface area contributed by atoms with Crippen LogP contribution in [0.4, 0.5) is 0 Å². The van der Waals surface area contributed by atoms with Crippen LogP contribution in [0.5, 0.6) is 5.75 Å². The molecule has 0 spiro atoms. The molecule has 2 heteroatoms. The normalized spacial score (nSPS) is 12.5. The average molecular weight is 194 g/mol. The summed E-state index contributed by atoms with van der Waals surface area (Å²) in [5.74, 6) is 0.833. The highest BCUT2D eigenvalue weighted by Gasteiger charge is 2.06. The summed E-state index contributed by atoms with van der Waals surface area (Å²) in [5, 5.41) is 9.76. The summed E-state index contributed by atoms with van der Waals surface area (Å²) in [6.07, 6.45) is 1.43. The van der Waals surface area contributed by atoms with E-state index in [0.717, 1.165) is 24.2 Å². The van der Waals surface area contributed by atoms with Gasteiger partial charge in [0.25, 0.3) is 0 Å². The van der Waals surface area contributed by atoms with Gasteiger partial charge in [0.15, 0.2) is 0 Å². The molecule has 1 N–H and O–H groups in total. The average Bonchev–Trinajstić information content (AvgIpc) is 2.19. The number of aliphatic hydroxyl groups excluding tert-OH is 1. The van der Waals surface area contributed by atoms with Crippen molar-refractivity contribution in [2.45, 2.75) is 32.8 Å². The minimum Gasteiger partial charge on any atom is -0.494 e. The second-order valence-electron chi connectivity index (χ2n) is 3.31. The molecule has 0 aliphatic heterocycles. The van der Waals surface area contributed by atoms with Crippen molar-refractivity contribution >= 4 is 0 Å². The Hall–Kier alpha value is -1.02. The second-order valence-corrected chi connectivity index (χ2v) is 3.31. The Bertz CT molecular complexity index is 271. The van der Waals surface area contributed by atoms with E-state index < -0.39 is 0 Å². The Morgan fingerprint density at radius 3 is 2.79 bits per heavy atom. The van der Waals surface area contributed by atoms with Crippen molar-refractivity contribution in [3.63, 3.8) is 0 Å². The topological polar surface area (TPSA) is 29.5 Å². The molecule has 14 heavy (non-hydrogen) atoms. The van der Waals surface area contributed by atoms with Crippen molar-refractivity contribution in [1.29, 1.82) is 0 Å². The number of aliphatic hydroxyl groups is 1. The van der Waals surface area contributed by atoms with Gasteiger partial charge in [-0.25, -0.2) is 0 Å². The zero-order chi connectivity index (χ0) is 10.4. The number of benzene rings is 1. The summed E-state index contributed by atoms with van der Waals surface area (Å²) in [6.45, 7) is 4.68. The van der Waals surface area contributed by atoms with Gasteiger partial charge in [0.05, 0.1) is 12.7 Å². The highest BCUT2D eigenvalue weighted by molar-refractivity contribution is 5.29. The van der Waals surface area contributed by atoms with Gasteiger partial charge < -0.3 is 9.84 Å². The lowest BCUT2D eigenvalue weighted by atomic mass is 10.1. The SMILES string of the molecule is CCCC(O)c1cccc(OCC)c1. The fraction of sp³-hybridized carbons (Fsp3) is 0.500. The fourth-order valence-electron chi connectivity index (χ4n) is 1.42. The lowest BCUT2D eigenvalue weighted by molar-refractivity contribution is 0.166. The monoisotopic (exact) mass is 194 g/mol. The van der Waals surface area contributed by atoms with Gasteiger partial charge in [0, 0.05) is 0 Å².